The maximum Gasteiger partial charge on any atom is 0.194 e. The van der Waals surface area contributed by atoms with Crippen molar-refractivity contribution < 1.29 is 4.79 Å². The summed E-state index contributed by atoms with van der Waals surface area (Å²) in [7, 11) is 0. The Hall–Kier alpha value is -3.47. The number of thiophene rings is 1. The van der Waals surface area contributed by atoms with Crippen LogP contribution in [-0.2, 0) is 0 Å². The van der Waals surface area contributed by atoms with E-state index in [4.69, 9.17) is 0 Å². The molecule has 1 aliphatic carbocycles. The second kappa shape index (κ2) is 5.87. The van der Waals surface area contributed by atoms with Crippen molar-refractivity contribution in [3.8, 4) is 12.1 Å². The van der Waals surface area contributed by atoms with Crippen LogP contribution in [0.5, 0.6) is 0 Å². The molecule has 0 unspecified atom stereocenters. The van der Waals surface area contributed by atoms with Gasteiger partial charge < -0.3 is 0 Å². The van der Waals surface area contributed by atoms with Gasteiger partial charge in [-0.15, -0.1) is 11.3 Å². The van der Waals surface area contributed by atoms with Gasteiger partial charge in [-0.25, -0.2) is 0 Å². The number of ketones is 1. The van der Waals surface area contributed by atoms with Crippen LogP contribution in [0.1, 0.15) is 21.5 Å². The molecule has 0 amide bonds. The fourth-order valence-corrected chi connectivity index (χ4v) is 4.03. The Labute approximate surface area is 148 Å². The predicted molar refractivity (Wildman–Crippen MR) is 98.7 cm³/mol. The minimum Gasteiger partial charge on any atom is -0.289 e. The zero-order valence-electron chi connectivity index (χ0n) is 13.0. The van der Waals surface area contributed by atoms with Crippen LogP contribution in [-0.4, -0.2) is 5.78 Å². The first-order valence-corrected chi connectivity index (χ1v) is 8.49. The molecule has 4 rings (SSSR count). The molecule has 0 radical (unpaired) electrons. The number of allylic oxidation sites excluding steroid dienone is 3. The van der Waals surface area contributed by atoms with Crippen molar-refractivity contribution in [1.82, 2.24) is 0 Å². The lowest BCUT2D eigenvalue weighted by Gasteiger charge is -2.01. The molecule has 1 heterocycles. The largest absolute Gasteiger partial charge is 0.289 e. The summed E-state index contributed by atoms with van der Waals surface area (Å²) in [5.74, 6) is -0.149. The number of carbonyl (C=O) groups excluding carboxylic acids is 1. The zero-order chi connectivity index (χ0) is 17.4. The number of Topliss-reactive ketones (excluding diaryl/α,β-unsaturated/α-hetero) is 1. The number of nitriles is 2. The molecule has 0 N–H and O–H groups in total. The summed E-state index contributed by atoms with van der Waals surface area (Å²) in [6, 6.07) is 18.9. The first kappa shape index (κ1) is 15.1. The van der Waals surface area contributed by atoms with E-state index in [1.807, 2.05) is 41.8 Å². The molecule has 2 aromatic carbocycles. The van der Waals surface area contributed by atoms with Gasteiger partial charge in [-0.3, -0.25) is 4.79 Å². The molecule has 0 atom stereocenters. The quantitative estimate of drug-likeness (QED) is 0.464. The Bertz CT molecular complexity index is 1170. The molecular weight excluding hydrogens is 328 g/mol. The van der Waals surface area contributed by atoms with E-state index in [2.05, 4.69) is 0 Å². The molecule has 4 heteroatoms. The summed E-state index contributed by atoms with van der Waals surface area (Å²) in [5, 5.41) is 21.7. The lowest BCUT2D eigenvalue weighted by Crippen LogP contribution is -1.95. The highest BCUT2D eigenvalue weighted by Gasteiger charge is 2.32. The lowest BCUT2D eigenvalue weighted by atomic mass is 9.98. The Balaban J connectivity index is 2.01. The lowest BCUT2D eigenvalue weighted by molar-refractivity contribution is 0.104. The average molecular weight is 338 g/mol. The van der Waals surface area contributed by atoms with Gasteiger partial charge in [0.15, 0.2) is 5.78 Å². The monoisotopic (exact) mass is 338 g/mol. The van der Waals surface area contributed by atoms with Crippen LogP contribution in [0, 0.1) is 22.7 Å². The first-order valence-electron chi connectivity index (χ1n) is 7.61. The Kier molecular flexibility index (Phi) is 3.54. The van der Waals surface area contributed by atoms with Crippen molar-refractivity contribution in [2.24, 2.45) is 0 Å². The van der Waals surface area contributed by atoms with E-state index in [1.54, 1.807) is 41.7 Å². The molecule has 3 nitrogen and oxygen atoms in total. The number of fused-ring (bicyclic) bond motifs is 2. The summed E-state index contributed by atoms with van der Waals surface area (Å²) in [5.41, 5.74) is 2.90. The van der Waals surface area contributed by atoms with Gasteiger partial charge in [-0.2, -0.15) is 10.5 Å². The first-order chi connectivity index (χ1) is 12.2. The van der Waals surface area contributed by atoms with Gasteiger partial charge in [-0.1, -0.05) is 42.5 Å². The summed E-state index contributed by atoms with van der Waals surface area (Å²) >= 11 is 1.60. The molecule has 1 aromatic heterocycles. The van der Waals surface area contributed by atoms with Crippen LogP contribution in [0.3, 0.4) is 0 Å². The maximum absolute atomic E-state index is 12.9. The third-order valence-electron chi connectivity index (χ3n) is 4.24. The molecule has 25 heavy (non-hydrogen) atoms. The van der Waals surface area contributed by atoms with Gasteiger partial charge in [-0.05, 0) is 34.0 Å². The predicted octanol–water partition coefficient (Wildman–Crippen LogP) is 4.98. The molecule has 3 aromatic rings. The van der Waals surface area contributed by atoms with Crippen molar-refractivity contribution in [3.63, 3.8) is 0 Å². The average Bonchev–Trinajstić information content (AvgIpc) is 3.18. The minimum absolute atomic E-state index is 0.0379. The van der Waals surface area contributed by atoms with Crippen LogP contribution in [0.15, 0.2) is 65.1 Å². The van der Waals surface area contributed by atoms with Crippen LogP contribution in [0.25, 0.3) is 21.7 Å². The van der Waals surface area contributed by atoms with E-state index in [9.17, 15) is 15.3 Å². The summed E-state index contributed by atoms with van der Waals surface area (Å²) < 4.78 is 1.13. The van der Waals surface area contributed by atoms with Crippen LogP contribution in [0.2, 0.25) is 0 Å². The summed E-state index contributed by atoms with van der Waals surface area (Å²) in [6.45, 7) is 0. The second-order valence-corrected chi connectivity index (χ2v) is 6.50. The molecule has 0 saturated carbocycles. The van der Waals surface area contributed by atoms with E-state index in [-0.39, 0.29) is 11.4 Å². The smallest absolute Gasteiger partial charge is 0.194 e. The highest BCUT2D eigenvalue weighted by Crippen LogP contribution is 2.40. The molecule has 116 valence electrons. The number of nitrogens with zero attached hydrogens (tertiary/aromatic N) is 2. The van der Waals surface area contributed by atoms with E-state index in [0.29, 0.717) is 22.3 Å². The highest BCUT2D eigenvalue weighted by molar-refractivity contribution is 7.17. The van der Waals surface area contributed by atoms with Gasteiger partial charge in [0.25, 0.3) is 0 Å². The Morgan fingerprint density at radius 2 is 1.64 bits per heavy atom. The van der Waals surface area contributed by atoms with Crippen molar-refractivity contribution in [2.45, 2.75) is 0 Å². The number of hydrogen-bond donors (Lipinski definition) is 0. The molecular formula is C21H10N2OS. The maximum atomic E-state index is 12.9. The molecule has 0 bridgehead atoms. The molecule has 0 spiro atoms. The van der Waals surface area contributed by atoms with Gasteiger partial charge in [0.05, 0.1) is 0 Å². The van der Waals surface area contributed by atoms with Gasteiger partial charge in [0.1, 0.15) is 17.7 Å². The molecule has 0 fully saturated rings. The fraction of sp³-hybridized carbons (Fsp3) is 0. The Morgan fingerprint density at radius 3 is 2.40 bits per heavy atom. The fourth-order valence-electron chi connectivity index (χ4n) is 3.11. The summed E-state index contributed by atoms with van der Waals surface area (Å²) in [4.78, 5) is 12.9. The summed E-state index contributed by atoms with van der Waals surface area (Å²) in [6.07, 6.45) is 1.80. The molecule has 0 aliphatic heterocycles. The standard InChI is InChI=1S/C21H10N2OS/c22-10-14(11-23)20-16-6-1-2-7-17(16)21(24)18(20)9-13-12-25-19-8-4-3-5-15(13)19/h1-9,12H/b18-9+. The van der Waals surface area contributed by atoms with Crippen molar-refractivity contribution in [2.75, 3.05) is 0 Å². The van der Waals surface area contributed by atoms with E-state index >= 15 is 0 Å². The van der Waals surface area contributed by atoms with Crippen LogP contribution >= 0.6 is 11.3 Å². The normalized spacial score (nSPS) is 14.4. The van der Waals surface area contributed by atoms with E-state index in [1.165, 1.54) is 0 Å². The number of rotatable bonds is 1. The number of carbonyl (C=O) groups is 1. The number of hydrogen-bond acceptors (Lipinski definition) is 4. The van der Waals surface area contributed by atoms with Gasteiger partial charge in [0.2, 0.25) is 0 Å². The third-order valence-corrected chi connectivity index (χ3v) is 5.22. The SMILES string of the molecule is N#CC(C#N)=C1/C(=C\c2csc3ccccc23)C(=O)c2ccccc21. The van der Waals surface area contributed by atoms with Gasteiger partial charge in [0, 0.05) is 21.4 Å². The van der Waals surface area contributed by atoms with Crippen LogP contribution in [0.4, 0.5) is 0 Å². The van der Waals surface area contributed by atoms with Crippen molar-refractivity contribution in [3.05, 3.63) is 81.7 Å². The van der Waals surface area contributed by atoms with Crippen molar-refractivity contribution >= 4 is 38.9 Å². The van der Waals surface area contributed by atoms with E-state index < -0.39 is 0 Å². The van der Waals surface area contributed by atoms with Gasteiger partial charge >= 0.3 is 0 Å². The van der Waals surface area contributed by atoms with Crippen molar-refractivity contribution in [1.29, 1.82) is 10.5 Å². The van der Waals surface area contributed by atoms with E-state index in [0.717, 1.165) is 15.6 Å². The third kappa shape index (κ3) is 2.29. The highest BCUT2D eigenvalue weighted by atomic mass is 32.1. The topological polar surface area (TPSA) is 64.7 Å². The minimum atomic E-state index is -0.149. The van der Waals surface area contributed by atoms with Crippen LogP contribution < -0.4 is 0 Å². The zero-order valence-corrected chi connectivity index (χ0v) is 13.8. The molecule has 0 saturated heterocycles. The number of benzene rings is 2. The second-order valence-electron chi connectivity index (χ2n) is 5.59. The Morgan fingerprint density at radius 1 is 0.960 bits per heavy atom. The molecule has 1 aliphatic rings.